The van der Waals surface area contributed by atoms with Gasteiger partial charge in [-0.15, -0.1) is 0 Å². The van der Waals surface area contributed by atoms with Gasteiger partial charge in [-0.25, -0.2) is 4.68 Å². The highest BCUT2D eigenvalue weighted by Crippen LogP contribution is 2.14. The van der Waals surface area contributed by atoms with Gasteiger partial charge < -0.3 is 10.2 Å². The predicted molar refractivity (Wildman–Crippen MR) is 66.2 cm³/mol. The van der Waals surface area contributed by atoms with Crippen molar-refractivity contribution in [3.8, 4) is 0 Å². The van der Waals surface area contributed by atoms with E-state index in [0.717, 1.165) is 6.54 Å². The summed E-state index contributed by atoms with van der Waals surface area (Å²) in [5, 5.41) is 7.25. The van der Waals surface area contributed by atoms with Crippen molar-refractivity contribution in [1.29, 1.82) is 0 Å². The number of rotatable bonds is 5. The maximum Gasteiger partial charge on any atom is 0.287 e. The first kappa shape index (κ1) is 13.0. The Morgan fingerprint density at radius 2 is 2.25 bits per heavy atom. The van der Waals surface area contributed by atoms with Crippen LogP contribution in [0.5, 0.6) is 0 Å². The summed E-state index contributed by atoms with van der Waals surface area (Å²) < 4.78 is 1.38. The Balaban J connectivity index is 2.89. The molecule has 0 atom stereocenters. The van der Waals surface area contributed by atoms with Crippen LogP contribution >= 0.6 is 11.6 Å². The molecule has 0 aromatic carbocycles. The fourth-order valence-corrected chi connectivity index (χ4v) is 1.45. The number of hydrogen-bond donors (Lipinski definition) is 1. The first-order valence-electron chi connectivity index (χ1n) is 5.20. The molecule has 1 N–H and O–H groups in total. The van der Waals surface area contributed by atoms with Gasteiger partial charge in [-0.1, -0.05) is 11.6 Å². The van der Waals surface area contributed by atoms with Crippen LogP contribution in [0, 0.1) is 0 Å². The van der Waals surface area contributed by atoms with Gasteiger partial charge in [0.25, 0.3) is 5.56 Å². The maximum absolute atomic E-state index is 11.8. The summed E-state index contributed by atoms with van der Waals surface area (Å²) in [7, 11) is 3.89. The second kappa shape index (κ2) is 5.86. The van der Waals surface area contributed by atoms with E-state index in [-0.39, 0.29) is 10.6 Å². The van der Waals surface area contributed by atoms with Gasteiger partial charge >= 0.3 is 0 Å². The summed E-state index contributed by atoms with van der Waals surface area (Å²) in [5.74, 6) is 0. The van der Waals surface area contributed by atoms with Crippen molar-refractivity contribution in [2.45, 2.75) is 13.5 Å². The average Bonchev–Trinajstić information content (AvgIpc) is 2.24. The molecule has 1 rings (SSSR count). The molecule has 6 heteroatoms. The van der Waals surface area contributed by atoms with Crippen LogP contribution in [0.25, 0.3) is 0 Å². The largest absolute Gasteiger partial charge is 0.383 e. The smallest absolute Gasteiger partial charge is 0.287 e. The molecule has 0 radical (unpaired) electrons. The Kier molecular flexibility index (Phi) is 4.76. The predicted octanol–water partition coefficient (Wildman–Crippen LogP) is 0.890. The number of nitrogens with one attached hydrogen (secondary N) is 1. The van der Waals surface area contributed by atoms with Gasteiger partial charge in [0, 0.05) is 13.1 Å². The van der Waals surface area contributed by atoms with Crippen LogP contribution in [-0.2, 0) is 6.54 Å². The van der Waals surface area contributed by atoms with Crippen LogP contribution in [0.15, 0.2) is 11.0 Å². The highest BCUT2D eigenvalue weighted by Gasteiger charge is 2.08. The lowest BCUT2D eigenvalue weighted by Gasteiger charge is -2.11. The van der Waals surface area contributed by atoms with Crippen molar-refractivity contribution in [2.75, 3.05) is 32.5 Å². The molecule has 0 aliphatic rings. The lowest BCUT2D eigenvalue weighted by molar-refractivity contribution is 0.367. The third-order valence-corrected chi connectivity index (χ3v) is 2.48. The Morgan fingerprint density at radius 3 is 2.81 bits per heavy atom. The van der Waals surface area contributed by atoms with Crippen molar-refractivity contribution >= 4 is 17.3 Å². The minimum absolute atomic E-state index is 0.204. The molecule has 90 valence electrons. The number of likely N-dealkylation sites (N-methyl/N-ethyl adjacent to an activating group) is 1. The minimum atomic E-state index is -0.248. The van der Waals surface area contributed by atoms with E-state index in [1.165, 1.54) is 4.68 Å². The molecule has 0 spiro atoms. The lowest BCUT2D eigenvalue weighted by Crippen LogP contribution is -2.29. The molecule has 0 saturated heterocycles. The third-order valence-electron chi connectivity index (χ3n) is 2.11. The topological polar surface area (TPSA) is 50.2 Å². The first-order valence-corrected chi connectivity index (χ1v) is 5.58. The van der Waals surface area contributed by atoms with Crippen LogP contribution in [-0.4, -0.2) is 41.9 Å². The monoisotopic (exact) mass is 244 g/mol. The highest BCUT2D eigenvalue weighted by atomic mass is 35.5. The van der Waals surface area contributed by atoms with E-state index >= 15 is 0 Å². The van der Waals surface area contributed by atoms with E-state index < -0.39 is 0 Å². The van der Waals surface area contributed by atoms with Crippen molar-refractivity contribution in [3.05, 3.63) is 21.6 Å². The SMILES string of the molecule is CCNc1cnn(CCN(C)C)c(=O)c1Cl. The van der Waals surface area contributed by atoms with Gasteiger partial charge in [-0.2, -0.15) is 5.10 Å². The summed E-state index contributed by atoms with van der Waals surface area (Å²) in [4.78, 5) is 13.8. The fraction of sp³-hybridized carbons (Fsp3) is 0.600. The summed E-state index contributed by atoms with van der Waals surface area (Å²) in [6.07, 6.45) is 1.59. The number of halogens is 1. The van der Waals surface area contributed by atoms with Crippen molar-refractivity contribution in [1.82, 2.24) is 14.7 Å². The molecule has 1 heterocycles. The van der Waals surface area contributed by atoms with Crippen LogP contribution < -0.4 is 10.9 Å². The average molecular weight is 245 g/mol. The minimum Gasteiger partial charge on any atom is -0.383 e. The maximum atomic E-state index is 11.8. The third kappa shape index (κ3) is 3.21. The molecule has 0 aliphatic carbocycles. The van der Waals surface area contributed by atoms with Crippen molar-refractivity contribution < 1.29 is 0 Å². The molecule has 1 aromatic heterocycles. The van der Waals surface area contributed by atoms with Crippen LogP contribution in [0.4, 0.5) is 5.69 Å². The molecule has 5 nitrogen and oxygen atoms in total. The molecule has 0 bridgehead atoms. The second-order valence-corrected chi connectivity index (χ2v) is 4.11. The molecule has 0 saturated carbocycles. The van der Waals surface area contributed by atoms with E-state index in [1.54, 1.807) is 6.20 Å². The van der Waals surface area contributed by atoms with E-state index in [2.05, 4.69) is 10.4 Å². The quantitative estimate of drug-likeness (QED) is 0.836. The standard InChI is InChI=1S/C10H17ClN4O/c1-4-12-8-7-13-15(6-5-14(2)3)10(16)9(8)11/h7,12H,4-6H2,1-3H3. The van der Waals surface area contributed by atoms with Crippen LogP contribution in [0.3, 0.4) is 0 Å². The zero-order valence-corrected chi connectivity index (χ0v) is 10.6. The molecule has 0 fully saturated rings. The van der Waals surface area contributed by atoms with Gasteiger partial charge in [0.2, 0.25) is 0 Å². The molecule has 0 unspecified atom stereocenters. The van der Waals surface area contributed by atoms with E-state index in [0.29, 0.717) is 18.8 Å². The van der Waals surface area contributed by atoms with E-state index in [9.17, 15) is 4.79 Å². The normalized spacial score (nSPS) is 10.8. The zero-order valence-electron chi connectivity index (χ0n) is 9.83. The highest BCUT2D eigenvalue weighted by molar-refractivity contribution is 6.32. The molecule has 1 aromatic rings. The Morgan fingerprint density at radius 1 is 1.56 bits per heavy atom. The van der Waals surface area contributed by atoms with Crippen LogP contribution in [0.2, 0.25) is 5.02 Å². The Hall–Kier alpha value is -1.07. The number of hydrogen-bond acceptors (Lipinski definition) is 4. The van der Waals surface area contributed by atoms with Gasteiger partial charge in [0.05, 0.1) is 18.4 Å². The first-order chi connectivity index (χ1) is 7.56. The number of aromatic nitrogens is 2. The molecule has 16 heavy (non-hydrogen) atoms. The summed E-state index contributed by atoms with van der Waals surface area (Å²) in [6.45, 7) is 3.94. The molecular weight excluding hydrogens is 228 g/mol. The number of anilines is 1. The lowest BCUT2D eigenvalue weighted by atomic mass is 10.4. The van der Waals surface area contributed by atoms with Crippen molar-refractivity contribution in [3.63, 3.8) is 0 Å². The van der Waals surface area contributed by atoms with Gasteiger partial charge in [-0.05, 0) is 21.0 Å². The van der Waals surface area contributed by atoms with Gasteiger partial charge in [0.15, 0.2) is 0 Å². The second-order valence-electron chi connectivity index (χ2n) is 3.73. The van der Waals surface area contributed by atoms with E-state index in [4.69, 9.17) is 11.6 Å². The summed E-state index contributed by atoms with van der Waals surface area (Å²) in [6, 6.07) is 0. The van der Waals surface area contributed by atoms with Gasteiger partial charge in [-0.3, -0.25) is 4.79 Å². The molecule has 0 amide bonds. The fourth-order valence-electron chi connectivity index (χ4n) is 1.23. The summed E-state index contributed by atoms with van der Waals surface area (Å²) in [5.41, 5.74) is 0.345. The summed E-state index contributed by atoms with van der Waals surface area (Å²) >= 11 is 5.94. The zero-order chi connectivity index (χ0) is 12.1. The number of nitrogens with zero attached hydrogens (tertiary/aromatic N) is 3. The van der Waals surface area contributed by atoms with E-state index in [1.807, 2.05) is 25.9 Å². The Bertz CT molecular complexity index is 402. The van der Waals surface area contributed by atoms with Crippen LogP contribution in [0.1, 0.15) is 6.92 Å². The molecular formula is C10H17ClN4O. The Labute approximate surface area is 100 Å². The van der Waals surface area contributed by atoms with Gasteiger partial charge in [0.1, 0.15) is 5.02 Å². The van der Waals surface area contributed by atoms with Crippen molar-refractivity contribution in [2.24, 2.45) is 0 Å². The molecule has 0 aliphatic heterocycles.